The van der Waals surface area contributed by atoms with E-state index in [-0.39, 0.29) is 29.1 Å². The Hall–Kier alpha value is -5.77. The normalized spacial score (nSPS) is 16.6. The van der Waals surface area contributed by atoms with E-state index >= 15 is 0 Å². The van der Waals surface area contributed by atoms with E-state index in [1.165, 1.54) is 12.1 Å². The lowest BCUT2D eigenvalue weighted by atomic mass is 9.91. The summed E-state index contributed by atoms with van der Waals surface area (Å²) in [6.07, 6.45) is 6.38. The fraction of sp³-hybridized carbons (Fsp3) is 0.492. The fourth-order valence-corrected chi connectivity index (χ4v) is 9.32. The number of piperazine rings is 1. The molecule has 17 nitrogen and oxygen atoms in total. The summed E-state index contributed by atoms with van der Waals surface area (Å²) in [5.74, 6) is 0.279. The van der Waals surface area contributed by atoms with Crippen LogP contribution >= 0.6 is 0 Å². The van der Waals surface area contributed by atoms with Crippen molar-refractivity contribution < 1.29 is 51.9 Å². The van der Waals surface area contributed by atoms with Crippen molar-refractivity contribution in [1.82, 2.24) is 25.5 Å². The molecule has 416 valence electrons. The van der Waals surface area contributed by atoms with Gasteiger partial charge in [-0.15, -0.1) is 0 Å². The molecule has 0 spiro atoms. The lowest BCUT2D eigenvalue weighted by molar-refractivity contribution is -0.121. The van der Waals surface area contributed by atoms with Crippen molar-refractivity contribution in [2.24, 2.45) is 0 Å². The summed E-state index contributed by atoms with van der Waals surface area (Å²) in [7, 11) is 1.71. The number of hydrogen-bond donors (Lipinski definition) is 3. The zero-order valence-electron chi connectivity index (χ0n) is 45.2. The summed E-state index contributed by atoms with van der Waals surface area (Å²) in [4.78, 5) is 40.4. The van der Waals surface area contributed by atoms with Gasteiger partial charge in [-0.05, 0) is 102 Å². The zero-order chi connectivity index (χ0) is 54.1. The number of carbonyl (C=O) groups is 2. The number of carbonyl (C=O) groups excluding carboxylic acids is 2. The Morgan fingerprint density at radius 2 is 1.38 bits per heavy atom. The predicted molar refractivity (Wildman–Crippen MR) is 294 cm³/mol. The molecule has 1 saturated heterocycles. The number of nitrogens with one attached hydrogen (secondary N) is 3. The monoisotopic (exact) mass is 1060 g/mol. The van der Waals surface area contributed by atoms with Crippen LogP contribution in [0.25, 0.3) is 11.1 Å². The van der Waals surface area contributed by atoms with E-state index in [0.29, 0.717) is 142 Å². The van der Waals surface area contributed by atoms with Gasteiger partial charge in [-0.1, -0.05) is 50.2 Å². The Kier molecular flexibility index (Phi) is 24.2. The molecule has 0 radical (unpaired) electrons. The fourth-order valence-electron chi connectivity index (χ4n) is 9.32. The highest BCUT2D eigenvalue weighted by molar-refractivity contribution is 5.97. The van der Waals surface area contributed by atoms with Gasteiger partial charge in [0.1, 0.15) is 18.2 Å². The number of halogens is 1. The Bertz CT molecular complexity index is 2540. The summed E-state index contributed by atoms with van der Waals surface area (Å²) < 4.78 is 59.4. The molecule has 2 aromatic heterocycles. The van der Waals surface area contributed by atoms with Crippen molar-refractivity contribution in [1.29, 1.82) is 0 Å². The average Bonchev–Trinajstić information content (AvgIpc) is 3.74. The number of fused-ring (bicyclic) bond motifs is 1. The second kappa shape index (κ2) is 31.6. The minimum Gasteiger partial charge on any atom is -0.491 e. The summed E-state index contributed by atoms with van der Waals surface area (Å²) in [5.41, 5.74) is 7.15. The number of aromatic nitrogens is 2. The first-order valence-electron chi connectivity index (χ1n) is 26.8. The van der Waals surface area contributed by atoms with Crippen molar-refractivity contribution in [3.8, 4) is 16.9 Å². The smallest absolute Gasteiger partial charge is 0.241 e. The molecule has 2 aliphatic rings. The third-order valence-electron chi connectivity index (χ3n) is 13.2. The van der Waals surface area contributed by atoms with E-state index in [2.05, 4.69) is 58.7 Å². The second-order valence-corrected chi connectivity index (χ2v) is 19.9. The van der Waals surface area contributed by atoms with Crippen LogP contribution in [-0.2, 0) is 61.0 Å². The summed E-state index contributed by atoms with van der Waals surface area (Å²) >= 11 is 0. The number of rotatable bonds is 34. The van der Waals surface area contributed by atoms with E-state index in [1.54, 1.807) is 31.6 Å². The predicted octanol–water partition coefficient (Wildman–Crippen LogP) is 6.12. The number of nitrogens with zero attached hydrogens (tertiary/aromatic N) is 4. The maximum Gasteiger partial charge on any atom is 0.241 e. The summed E-state index contributed by atoms with van der Waals surface area (Å²) in [6, 6.07) is 27.8. The van der Waals surface area contributed by atoms with Crippen LogP contribution in [0.1, 0.15) is 43.2 Å². The van der Waals surface area contributed by atoms with Crippen LogP contribution in [0.2, 0.25) is 0 Å². The van der Waals surface area contributed by atoms with Crippen molar-refractivity contribution in [3.05, 3.63) is 138 Å². The van der Waals surface area contributed by atoms with E-state index in [0.717, 1.165) is 52.5 Å². The lowest BCUT2D eigenvalue weighted by Crippen LogP contribution is -2.59. The lowest BCUT2D eigenvalue weighted by Gasteiger charge is -2.39. The first-order chi connectivity index (χ1) is 37.5. The van der Waals surface area contributed by atoms with Gasteiger partial charge >= 0.3 is 0 Å². The number of pyridine rings is 2. The van der Waals surface area contributed by atoms with Crippen LogP contribution in [0.4, 0.5) is 15.8 Å². The van der Waals surface area contributed by atoms with Gasteiger partial charge in [0.25, 0.3) is 0 Å². The average molecular weight is 1060 g/mol. The molecule has 2 aliphatic heterocycles. The Morgan fingerprint density at radius 3 is 2.04 bits per heavy atom. The van der Waals surface area contributed by atoms with Crippen LogP contribution in [0.3, 0.4) is 0 Å². The van der Waals surface area contributed by atoms with Crippen LogP contribution in [-0.4, -0.2) is 177 Å². The standard InChI is InChI=1S/C59H78FN7O10/c1-44-40-66(52(39-63-44)42-70-4)41-56(68)67-43-59(2,3)57-55(67)37-47(38-64-57)33-45-8-6-10-53(35-45)77-32-31-76-30-29-75-28-27-74-26-25-73-24-23-72-22-21-71-20-19-62-54(36-46-7-5-9-50(60)34-46)58(69)65-51-13-11-48(12-14-51)49-15-17-61-18-16-49/h5-18,34-35,37-38,44,52,54,62-63H,19-33,36,39-43H2,1-4H3,(H,65,69)/t44-,52-,54-/m1/s1. The number of hydrogen-bond acceptors (Lipinski definition) is 15. The second-order valence-electron chi connectivity index (χ2n) is 19.9. The summed E-state index contributed by atoms with van der Waals surface area (Å²) in [5, 5.41) is 9.75. The number of ether oxygens (including phenoxy) is 8. The van der Waals surface area contributed by atoms with Crippen LogP contribution < -0.4 is 25.6 Å². The van der Waals surface area contributed by atoms with Crippen molar-refractivity contribution in [2.75, 3.05) is 143 Å². The highest BCUT2D eigenvalue weighted by atomic mass is 19.1. The van der Waals surface area contributed by atoms with Crippen LogP contribution in [0.15, 0.2) is 110 Å². The van der Waals surface area contributed by atoms with Gasteiger partial charge < -0.3 is 58.7 Å². The van der Waals surface area contributed by atoms with Gasteiger partial charge in [-0.3, -0.25) is 24.5 Å². The molecule has 0 saturated carbocycles. The third kappa shape index (κ3) is 19.6. The molecular weight excluding hydrogens is 986 g/mol. The summed E-state index contributed by atoms with van der Waals surface area (Å²) in [6.45, 7) is 15.5. The molecule has 1 fully saturated rings. The molecule has 3 N–H and O–H groups in total. The molecule has 4 heterocycles. The molecule has 3 atom stereocenters. The number of benzene rings is 3. The minimum atomic E-state index is -0.608. The first-order valence-corrected chi connectivity index (χ1v) is 26.8. The molecule has 2 amide bonds. The van der Waals surface area contributed by atoms with Crippen molar-refractivity contribution >= 4 is 23.2 Å². The quantitative estimate of drug-likeness (QED) is 0.0402. The maximum absolute atomic E-state index is 14.0. The molecular formula is C59H78FN7O10. The van der Waals surface area contributed by atoms with Gasteiger partial charge in [0.2, 0.25) is 11.8 Å². The Morgan fingerprint density at radius 1 is 0.753 bits per heavy atom. The topological polar surface area (TPSA) is 176 Å². The maximum atomic E-state index is 14.0. The number of methoxy groups -OCH3 is 1. The Balaban J connectivity index is 0.672. The largest absolute Gasteiger partial charge is 0.491 e. The van der Waals surface area contributed by atoms with Gasteiger partial charge in [0, 0.05) is 75.1 Å². The van der Waals surface area contributed by atoms with Gasteiger partial charge in [0.15, 0.2) is 0 Å². The molecule has 3 aromatic carbocycles. The van der Waals surface area contributed by atoms with E-state index in [4.69, 9.17) is 42.9 Å². The molecule has 0 aliphatic carbocycles. The van der Waals surface area contributed by atoms with E-state index in [1.807, 2.05) is 65.7 Å². The number of amides is 2. The highest BCUT2D eigenvalue weighted by Crippen LogP contribution is 2.40. The van der Waals surface area contributed by atoms with Gasteiger partial charge in [-0.25, -0.2) is 4.39 Å². The first kappa shape index (κ1) is 58.9. The molecule has 0 bridgehead atoms. The molecule has 18 heteroatoms. The molecule has 7 rings (SSSR count). The van der Waals surface area contributed by atoms with Crippen molar-refractivity contribution in [3.63, 3.8) is 0 Å². The van der Waals surface area contributed by atoms with E-state index in [9.17, 15) is 14.0 Å². The third-order valence-corrected chi connectivity index (χ3v) is 13.2. The minimum absolute atomic E-state index is 0.0867. The number of anilines is 2. The molecule has 0 unspecified atom stereocenters. The van der Waals surface area contributed by atoms with Gasteiger partial charge in [0.05, 0.1) is 110 Å². The molecule has 77 heavy (non-hydrogen) atoms. The zero-order valence-corrected chi connectivity index (χ0v) is 45.2. The van der Waals surface area contributed by atoms with Crippen LogP contribution in [0, 0.1) is 5.82 Å². The van der Waals surface area contributed by atoms with Crippen molar-refractivity contribution in [2.45, 2.75) is 57.2 Å². The van der Waals surface area contributed by atoms with Gasteiger partial charge in [-0.2, -0.15) is 0 Å². The Labute approximate surface area is 453 Å². The highest BCUT2D eigenvalue weighted by Gasteiger charge is 2.40. The SMILES string of the molecule is COC[C@H]1CN[C@H](C)CN1CC(=O)N1CC(C)(C)c2ncc(Cc3cccc(OCCOCCOCCOCCOCCOCCOCCN[C@H](Cc4cccc(F)c4)C(=O)Nc4ccc(-c5ccncc5)cc4)c3)cc21. The van der Waals surface area contributed by atoms with E-state index < -0.39 is 6.04 Å². The molecule has 5 aromatic rings. The van der Waals surface area contributed by atoms with Crippen LogP contribution in [0.5, 0.6) is 5.75 Å².